The van der Waals surface area contributed by atoms with Gasteiger partial charge in [-0.15, -0.1) is 0 Å². The molecule has 1 unspecified atom stereocenters. The Kier molecular flexibility index (Phi) is 10.4. The van der Waals surface area contributed by atoms with Gasteiger partial charge in [0.15, 0.2) is 5.96 Å². The van der Waals surface area contributed by atoms with Crippen LogP contribution in [0.3, 0.4) is 0 Å². The molecule has 194 valence electrons. The molecule has 0 saturated carbocycles. The fourth-order valence-corrected chi connectivity index (χ4v) is 4.09. The van der Waals surface area contributed by atoms with Crippen LogP contribution in [0.25, 0.3) is 0 Å². The molecule has 11 nitrogen and oxygen atoms in total. The zero-order valence-electron chi connectivity index (χ0n) is 20.3. The van der Waals surface area contributed by atoms with Gasteiger partial charge >= 0.3 is 7.12 Å². The number of aliphatic imine (C=N–C) groups is 1. The monoisotopic (exact) mass is 517 g/mol. The van der Waals surface area contributed by atoms with Crippen LogP contribution >= 0.6 is 0 Å². The van der Waals surface area contributed by atoms with Crippen molar-refractivity contribution in [2.24, 2.45) is 21.9 Å². The number of amides is 2. The molecule has 13 heteroatoms. The van der Waals surface area contributed by atoms with Gasteiger partial charge in [0.05, 0.1) is 10.8 Å². The maximum absolute atomic E-state index is 13.1. The Balaban J connectivity index is 2.12. The highest BCUT2D eigenvalue weighted by Gasteiger charge is 2.40. The van der Waals surface area contributed by atoms with Crippen molar-refractivity contribution >= 4 is 35.0 Å². The molecule has 0 radical (unpaired) electrons. The number of rotatable bonds is 13. The Morgan fingerprint density at radius 2 is 1.64 bits per heavy atom. The summed E-state index contributed by atoms with van der Waals surface area (Å²) in [5, 5.41) is 15.9. The third-order valence-electron chi connectivity index (χ3n) is 5.32. The van der Waals surface area contributed by atoms with Crippen LogP contribution in [0.1, 0.15) is 32.3 Å². The molecule has 1 atom stereocenters. The number of nitrogens with one attached hydrogen (secondary N) is 2. The Labute approximate surface area is 211 Å². The van der Waals surface area contributed by atoms with E-state index in [9.17, 15) is 23.0 Å². The van der Waals surface area contributed by atoms with E-state index < -0.39 is 40.4 Å². The van der Waals surface area contributed by atoms with E-state index in [0.717, 1.165) is 5.56 Å². The summed E-state index contributed by atoms with van der Waals surface area (Å²) < 4.78 is 30.1. The maximum Gasteiger partial charge on any atom is 0.494 e. The van der Waals surface area contributed by atoms with E-state index in [-0.39, 0.29) is 36.8 Å². The van der Waals surface area contributed by atoms with Gasteiger partial charge in [0.2, 0.25) is 11.8 Å². The largest absolute Gasteiger partial charge is 0.494 e. The smallest absolute Gasteiger partial charge is 0.425 e. The van der Waals surface area contributed by atoms with Crippen LogP contribution in [0.5, 0.6) is 0 Å². The van der Waals surface area contributed by atoms with Gasteiger partial charge in [-0.1, -0.05) is 48.5 Å². The van der Waals surface area contributed by atoms with Gasteiger partial charge < -0.3 is 27.1 Å². The van der Waals surface area contributed by atoms with Crippen molar-refractivity contribution in [3.05, 3.63) is 66.2 Å². The van der Waals surface area contributed by atoms with Crippen molar-refractivity contribution in [2.75, 3.05) is 6.54 Å². The molecule has 0 aromatic heterocycles. The SMILES string of the molecule is CC(C)(C(=O)NCc1ccccc1)C(=O)NC(CCCN=C(N)N)B(O)OS(=O)(=O)c1ccccc1. The topological polar surface area (TPSA) is 186 Å². The Bertz CT molecular complexity index is 1140. The van der Waals surface area contributed by atoms with Crippen molar-refractivity contribution in [1.82, 2.24) is 10.6 Å². The highest BCUT2D eigenvalue weighted by molar-refractivity contribution is 7.87. The Hall–Kier alpha value is -3.42. The number of hydrogen-bond donors (Lipinski definition) is 5. The van der Waals surface area contributed by atoms with Crippen LogP contribution in [0.2, 0.25) is 0 Å². The van der Waals surface area contributed by atoms with Crippen LogP contribution in [0.4, 0.5) is 0 Å². The maximum atomic E-state index is 13.1. The summed E-state index contributed by atoms with van der Waals surface area (Å²) >= 11 is 0. The number of carbonyl (C=O) groups excluding carboxylic acids is 2. The van der Waals surface area contributed by atoms with Crippen molar-refractivity contribution in [2.45, 2.75) is 44.1 Å². The molecule has 0 bridgehead atoms. The minimum Gasteiger partial charge on any atom is -0.425 e. The second-order valence-corrected chi connectivity index (χ2v) is 10.1. The predicted octanol–water partition coefficient (Wildman–Crippen LogP) is 0.293. The average Bonchev–Trinajstić information content (AvgIpc) is 2.84. The van der Waals surface area contributed by atoms with Crippen LogP contribution in [-0.4, -0.2) is 50.8 Å². The highest BCUT2D eigenvalue weighted by atomic mass is 32.2. The quantitative estimate of drug-likeness (QED) is 0.0825. The average molecular weight is 517 g/mol. The summed E-state index contributed by atoms with van der Waals surface area (Å²) in [4.78, 5) is 29.5. The molecule has 0 fully saturated rings. The molecule has 2 amide bonds. The molecule has 2 aromatic carbocycles. The summed E-state index contributed by atoms with van der Waals surface area (Å²) in [6.07, 6.45) is 0.352. The number of guanidine groups is 1. The Morgan fingerprint density at radius 1 is 1.06 bits per heavy atom. The van der Waals surface area contributed by atoms with Crippen molar-refractivity contribution < 1.29 is 27.1 Å². The van der Waals surface area contributed by atoms with E-state index in [4.69, 9.17) is 15.6 Å². The molecule has 36 heavy (non-hydrogen) atoms. The molecule has 0 spiro atoms. The number of nitrogens with two attached hydrogens (primary N) is 2. The fraction of sp³-hybridized carbons (Fsp3) is 0.348. The van der Waals surface area contributed by atoms with Gasteiger partial charge in [-0.2, -0.15) is 8.42 Å². The third-order valence-corrected chi connectivity index (χ3v) is 6.62. The first-order chi connectivity index (χ1) is 16.9. The number of nitrogens with zero attached hydrogens (tertiary/aromatic N) is 1. The molecule has 2 aromatic rings. The molecule has 0 heterocycles. The first-order valence-electron chi connectivity index (χ1n) is 11.3. The molecule has 7 N–H and O–H groups in total. The first-order valence-corrected chi connectivity index (χ1v) is 12.7. The lowest BCUT2D eigenvalue weighted by Crippen LogP contribution is -2.55. The van der Waals surface area contributed by atoms with E-state index in [0.29, 0.717) is 0 Å². The lowest BCUT2D eigenvalue weighted by molar-refractivity contribution is -0.141. The van der Waals surface area contributed by atoms with E-state index in [2.05, 4.69) is 15.6 Å². The van der Waals surface area contributed by atoms with Crippen LogP contribution < -0.4 is 22.1 Å². The van der Waals surface area contributed by atoms with E-state index in [1.165, 1.54) is 38.1 Å². The fourth-order valence-electron chi connectivity index (χ4n) is 3.10. The summed E-state index contributed by atoms with van der Waals surface area (Å²) in [5.41, 5.74) is 9.96. The molecular formula is C23H32BN5O6S. The molecule has 0 aliphatic carbocycles. The third kappa shape index (κ3) is 8.66. The van der Waals surface area contributed by atoms with Crippen LogP contribution in [-0.2, 0) is 30.4 Å². The van der Waals surface area contributed by atoms with Gasteiger partial charge in [-0.05, 0) is 44.4 Å². The van der Waals surface area contributed by atoms with Crippen LogP contribution in [0, 0.1) is 5.41 Å². The minimum absolute atomic E-state index is 0.0652. The van der Waals surface area contributed by atoms with E-state index in [1.54, 1.807) is 6.07 Å². The molecule has 0 saturated heterocycles. The highest BCUT2D eigenvalue weighted by Crippen LogP contribution is 2.19. The second kappa shape index (κ2) is 13.0. The summed E-state index contributed by atoms with van der Waals surface area (Å²) in [5.74, 6) is -2.57. The summed E-state index contributed by atoms with van der Waals surface area (Å²) in [7, 11) is -6.25. The standard InChI is InChI=1S/C23H32BN5O6S/c1-23(2,20(30)28-16-17-10-5-3-6-11-17)21(31)29-19(14-9-15-27-22(25)26)24(32)35-36(33,34)18-12-7-4-8-13-18/h3-8,10-13,19,32H,9,14-16H2,1-2H3,(H,28,30)(H,29,31)(H4,25,26,27). The van der Waals surface area contributed by atoms with E-state index in [1.807, 2.05) is 30.3 Å². The van der Waals surface area contributed by atoms with Gasteiger partial charge in [0.25, 0.3) is 10.1 Å². The lowest BCUT2D eigenvalue weighted by atomic mass is 9.75. The number of carbonyl (C=O) groups is 2. The second-order valence-electron chi connectivity index (χ2n) is 8.58. The lowest BCUT2D eigenvalue weighted by Gasteiger charge is -2.27. The molecule has 0 aliphatic heterocycles. The summed E-state index contributed by atoms with van der Waals surface area (Å²) in [6, 6.07) is 16.5. The van der Waals surface area contributed by atoms with Crippen molar-refractivity contribution in [3.63, 3.8) is 0 Å². The molecule has 0 aliphatic rings. The van der Waals surface area contributed by atoms with Gasteiger partial charge in [-0.3, -0.25) is 18.7 Å². The zero-order valence-corrected chi connectivity index (χ0v) is 21.1. The summed E-state index contributed by atoms with van der Waals surface area (Å²) in [6.45, 7) is 3.24. The van der Waals surface area contributed by atoms with Crippen molar-refractivity contribution in [3.8, 4) is 0 Å². The zero-order chi connectivity index (χ0) is 26.8. The first kappa shape index (κ1) is 28.8. The number of hydrogen-bond acceptors (Lipinski definition) is 7. The van der Waals surface area contributed by atoms with Gasteiger partial charge in [0, 0.05) is 13.1 Å². The molecule has 2 rings (SSSR count). The normalized spacial score (nSPS) is 12.3. The van der Waals surface area contributed by atoms with E-state index >= 15 is 0 Å². The minimum atomic E-state index is -4.32. The Morgan fingerprint density at radius 3 is 2.22 bits per heavy atom. The van der Waals surface area contributed by atoms with Gasteiger partial charge in [0.1, 0.15) is 5.41 Å². The van der Waals surface area contributed by atoms with Gasteiger partial charge in [-0.25, -0.2) is 0 Å². The van der Waals surface area contributed by atoms with Crippen molar-refractivity contribution in [1.29, 1.82) is 0 Å². The van der Waals surface area contributed by atoms with Crippen LogP contribution in [0.15, 0.2) is 70.6 Å². The predicted molar refractivity (Wildman–Crippen MR) is 137 cm³/mol. The molecular weight excluding hydrogens is 485 g/mol. The number of benzene rings is 2.